The zero-order chi connectivity index (χ0) is 10.0. The molecule has 0 bridgehead atoms. The fourth-order valence-corrected chi connectivity index (χ4v) is 1.19. The molecule has 0 saturated carbocycles. The lowest BCUT2D eigenvalue weighted by molar-refractivity contribution is 0.146. The summed E-state index contributed by atoms with van der Waals surface area (Å²) < 4.78 is 29.3. The minimum Gasteiger partial charge on any atom is -0.495 e. The molecule has 0 aromatic carbocycles. The van der Waals surface area contributed by atoms with Gasteiger partial charge in [0, 0.05) is 6.20 Å². The predicted molar refractivity (Wildman–Crippen MR) is 45.8 cm³/mol. The van der Waals surface area contributed by atoms with E-state index in [1.807, 2.05) is 0 Å². The maximum Gasteiger partial charge on any atom is 0.268 e. The Balaban J connectivity index is 3.30. The Morgan fingerprint density at radius 2 is 2.08 bits per heavy atom. The van der Waals surface area contributed by atoms with E-state index in [1.165, 1.54) is 7.11 Å². The molecule has 1 rings (SSSR count). The number of aromatic nitrogens is 1. The summed E-state index contributed by atoms with van der Waals surface area (Å²) in [5, 5.41) is -0.148. The molecule has 0 aliphatic carbocycles. The van der Waals surface area contributed by atoms with Gasteiger partial charge in [0.2, 0.25) is 0 Å². The second-order valence-corrected chi connectivity index (χ2v) is 2.89. The fourth-order valence-electron chi connectivity index (χ4n) is 0.825. The van der Waals surface area contributed by atoms with E-state index in [0.29, 0.717) is 0 Å². The molecule has 1 aromatic heterocycles. The first-order valence-electron chi connectivity index (χ1n) is 3.24. The van der Waals surface area contributed by atoms with Crippen molar-refractivity contribution in [1.82, 2.24) is 4.98 Å². The molecule has 0 atom stereocenters. The molecule has 6 heteroatoms. The Morgan fingerprint density at radius 1 is 1.46 bits per heavy atom. The van der Waals surface area contributed by atoms with Crippen LogP contribution in [0.15, 0.2) is 6.20 Å². The van der Waals surface area contributed by atoms with E-state index in [2.05, 4.69) is 9.72 Å². The van der Waals surface area contributed by atoms with Crippen molar-refractivity contribution in [3.63, 3.8) is 0 Å². The highest BCUT2D eigenvalue weighted by molar-refractivity contribution is 6.42. The van der Waals surface area contributed by atoms with E-state index in [4.69, 9.17) is 23.2 Å². The third kappa shape index (κ3) is 2.00. The zero-order valence-electron chi connectivity index (χ0n) is 6.52. The molecule has 0 unspecified atom stereocenters. The predicted octanol–water partition coefficient (Wildman–Crippen LogP) is 3.33. The molecule has 72 valence electrons. The highest BCUT2D eigenvalue weighted by Crippen LogP contribution is 2.37. The molecule has 0 spiro atoms. The van der Waals surface area contributed by atoms with Gasteiger partial charge in [0.05, 0.1) is 12.7 Å². The van der Waals surface area contributed by atoms with Crippen LogP contribution in [0.3, 0.4) is 0 Å². The van der Waals surface area contributed by atoms with Crippen molar-refractivity contribution in [3.8, 4) is 5.75 Å². The van der Waals surface area contributed by atoms with Crippen molar-refractivity contribution in [2.45, 2.75) is 6.43 Å². The van der Waals surface area contributed by atoms with Crippen LogP contribution in [0.4, 0.5) is 8.78 Å². The van der Waals surface area contributed by atoms with Crippen molar-refractivity contribution < 1.29 is 13.5 Å². The van der Waals surface area contributed by atoms with Gasteiger partial charge in [-0.2, -0.15) is 0 Å². The SMILES string of the molecule is COc1c(C(F)F)cnc(Cl)c1Cl. The van der Waals surface area contributed by atoms with Gasteiger partial charge in [-0.3, -0.25) is 0 Å². The molecule has 2 nitrogen and oxygen atoms in total. The van der Waals surface area contributed by atoms with E-state index < -0.39 is 6.43 Å². The number of methoxy groups -OCH3 is 1. The van der Waals surface area contributed by atoms with Crippen molar-refractivity contribution in [2.75, 3.05) is 7.11 Å². The first kappa shape index (κ1) is 10.5. The van der Waals surface area contributed by atoms with Crippen molar-refractivity contribution in [3.05, 3.63) is 21.9 Å². The second kappa shape index (κ2) is 4.07. The summed E-state index contributed by atoms with van der Waals surface area (Å²) in [6.07, 6.45) is -1.74. The van der Waals surface area contributed by atoms with Crippen LogP contribution in [-0.4, -0.2) is 12.1 Å². The monoisotopic (exact) mass is 227 g/mol. The molecule has 0 aliphatic rings. The minimum absolute atomic E-state index is 0.0529. The van der Waals surface area contributed by atoms with Crippen LogP contribution in [0.2, 0.25) is 10.2 Å². The number of ether oxygens (including phenoxy) is 1. The normalized spacial score (nSPS) is 10.6. The van der Waals surface area contributed by atoms with Gasteiger partial charge >= 0.3 is 0 Å². The summed E-state index contributed by atoms with van der Waals surface area (Å²) >= 11 is 11.1. The van der Waals surface area contributed by atoms with Crippen molar-refractivity contribution in [1.29, 1.82) is 0 Å². The lowest BCUT2D eigenvalue weighted by Gasteiger charge is -2.09. The Labute approximate surface area is 83.4 Å². The maximum atomic E-state index is 12.3. The Hall–Kier alpha value is -0.610. The molecule has 0 amide bonds. The summed E-state index contributed by atoms with van der Waals surface area (Å²) in [5.74, 6) is -0.128. The highest BCUT2D eigenvalue weighted by atomic mass is 35.5. The van der Waals surface area contributed by atoms with E-state index in [1.54, 1.807) is 0 Å². The molecule has 1 aromatic rings. The smallest absolute Gasteiger partial charge is 0.268 e. The number of alkyl halides is 2. The number of hydrogen-bond acceptors (Lipinski definition) is 2. The number of hydrogen-bond donors (Lipinski definition) is 0. The zero-order valence-corrected chi connectivity index (χ0v) is 8.03. The number of nitrogens with zero attached hydrogens (tertiary/aromatic N) is 1. The molecule has 1 heterocycles. The van der Waals surface area contributed by atoms with E-state index in [9.17, 15) is 8.78 Å². The molecule has 0 aliphatic heterocycles. The molecule has 0 saturated heterocycles. The van der Waals surface area contributed by atoms with Crippen LogP contribution in [-0.2, 0) is 0 Å². The summed E-state index contributed by atoms with van der Waals surface area (Å²) in [4.78, 5) is 3.48. The van der Waals surface area contributed by atoms with Crippen LogP contribution in [0, 0.1) is 0 Å². The van der Waals surface area contributed by atoms with Gasteiger partial charge in [0.15, 0.2) is 10.9 Å². The Bertz CT molecular complexity index is 320. The van der Waals surface area contributed by atoms with Gasteiger partial charge in [0.25, 0.3) is 6.43 Å². The fraction of sp³-hybridized carbons (Fsp3) is 0.286. The molecular weight excluding hydrogens is 223 g/mol. The van der Waals surface area contributed by atoms with Gasteiger partial charge < -0.3 is 4.74 Å². The standard InChI is InChI=1S/C7H5Cl2F2NO/c1-13-5-3(7(10)11)2-12-6(9)4(5)8/h2,7H,1H3. The molecule has 13 heavy (non-hydrogen) atoms. The van der Waals surface area contributed by atoms with Gasteiger partial charge in [0.1, 0.15) is 5.02 Å². The third-order valence-corrected chi connectivity index (χ3v) is 2.13. The largest absolute Gasteiger partial charge is 0.495 e. The van der Waals surface area contributed by atoms with E-state index in [0.717, 1.165) is 6.20 Å². The van der Waals surface area contributed by atoms with Gasteiger partial charge in [-0.25, -0.2) is 13.8 Å². The minimum atomic E-state index is -2.68. The van der Waals surface area contributed by atoms with Crippen LogP contribution in [0.1, 0.15) is 12.0 Å². The summed E-state index contributed by atoms with van der Waals surface area (Å²) in [6.45, 7) is 0. The number of pyridine rings is 1. The average molecular weight is 228 g/mol. The lowest BCUT2D eigenvalue weighted by Crippen LogP contribution is -1.95. The van der Waals surface area contributed by atoms with Crippen LogP contribution < -0.4 is 4.74 Å². The first-order valence-corrected chi connectivity index (χ1v) is 3.99. The van der Waals surface area contributed by atoms with Crippen molar-refractivity contribution >= 4 is 23.2 Å². The van der Waals surface area contributed by atoms with E-state index >= 15 is 0 Å². The van der Waals surface area contributed by atoms with E-state index in [-0.39, 0.29) is 21.5 Å². The third-order valence-electron chi connectivity index (χ3n) is 1.40. The van der Waals surface area contributed by atoms with Gasteiger partial charge in [-0.05, 0) is 0 Å². The highest BCUT2D eigenvalue weighted by Gasteiger charge is 2.19. The second-order valence-electron chi connectivity index (χ2n) is 2.15. The quantitative estimate of drug-likeness (QED) is 0.724. The van der Waals surface area contributed by atoms with Gasteiger partial charge in [-0.15, -0.1) is 0 Å². The average Bonchev–Trinajstić information content (AvgIpc) is 2.09. The molecule has 0 fully saturated rings. The maximum absolute atomic E-state index is 12.3. The van der Waals surface area contributed by atoms with Crippen LogP contribution in [0.25, 0.3) is 0 Å². The van der Waals surface area contributed by atoms with Crippen molar-refractivity contribution in [2.24, 2.45) is 0 Å². The Morgan fingerprint density at radius 3 is 2.54 bits per heavy atom. The molecule has 0 radical (unpaired) electrons. The van der Waals surface area contributed by atoms with Crippen LogP contribution >= 0.6 is 23.2 Å². The first-order chi connectivity index (χ1) is 6.07. The number of rotatable bonds is 2. The molecule has 0 N–H and O–H groups in total. The summed E-state index contributed by atoms with van der Waals surface area (Å²) in [6, 6.07) is 0. The number of halogens is 4. The lowest BCUT2D eigenvalue weighted by atomic mass is 10.2. The topological polar surface area (TPSA) is 22.1 Å². The van der Waals surface area contributed by atoms with Gasteiger partial charge in [-0.1, -0.05) is 23.2 Å². The van der Waals surface area contributed by atoms with Crippen LogP contribution in [0.5, 0.6) is 5.75 Å². The Kier molecular flexibility index (Phi) is 3.27. The summed E-state index contributed by atoms with van der Waals surface area (Å²) in [7, 11) is 1.24. The molecular formula is C7H5Cl2F2NO. The summed E-state index contributed by atoms with van der Waals surface area (Å²) in [5.41, 5.74) is -0.364.